The van der Waals surface area contributed by atoms with Gasteiger partial charge in [-0.25, -0.2) is 4.98 Å². The maximum atomic E-state index is 5.72. The van der Waals surface area contributed by atoms with Gasteiger partial charge < -0.3 is 4.98 Å². The van der Waals surface area contributed by atoms with Gasteiger partial charge in [-0.3, -0.25) is 0 Å². The molecule has 0 saturated heterocycles. The highest BCUT2D eigenvalue weighted by Gasteiger charge is 2.26. The fourth-order valence-corrected chi connectivity index (χ4v) is 1.77. The van der Waals surface area contributed by atoms with E-state index >= 15 is 0 Å². The molecule has 0 unspecified atom stereocenters. The van der Waals surface area contributed by atoms with Crippen LogP contribution in [0.25, 0.3) is 10.9 Å². The molecule has 0 fully saturated rings. The van der Waals surface area contributed by atoms with Crippen molar-refractivity contribution in [3.63, 3.8) is 0 Å². The van der Waals surface area contributed by atoms with Gasteiger partial charge in [0.1, 0.15) is 4.64 Å². The van der Waals surface area contributed by atoms with Crippen LogP contribution in [0.4, 0.5) is 0 Å². The highest BCUT2D eigenvalue weighted by atomic mass is 35.6. The molecule has 1 N–H and O–H groups in total. The predicted octanol–water partition coefficient (Wildman–Crippen LogP) is 4.12. The van der Waals surface area contributed by atoms with Crippen LogP contribution in [0.2, 0.25) is 0 Å². The van der Waals surface area contributed by atoms with E-state index < -0.39 is 3.79 Å². The summed E-state index contributed by atoms with van der Waals surface area (Å²) in [5.74, 6) is 0.233. The van der Waals surface area contributed by atoms with Gasteiger partial charge in [0.25, 0.3) is 0 Å². The van der Waals surface area contributed by atoms with Crippen molar-refractivity contribution in [2.24, 2.45) is 0 Å². The van der Waals surface area contributed by atoms with E-state index in [2.05, 4.69) is 9.97 Å². The lowest BCUT2D eigenvalue weighted by molar-refractivity contribution is 0.988. The minimum Gasteiger partial charge on any atom is -0.339 e. The number of benzene rings is 1. The lowest BCUT2D eigenvalue weighted by Crippen LogP contribution is -2.07. The largest absolute Gasteiger partial charge is 0.339 e. The van der Waals surface area contributed by atoms with Crippen molar-refractivity contribution in [3.05, 3.63) is 34.7 Å². The number of aromatic nitrogens is 2. The summed E-state index contributed by atoms with van der Waals surface area (Å²) in [7, 11) is 0. The molecular weight excluding hydrogens is 275 g/mol. The molecule has 2 rings (SSSR count). The van der Waals surface area contributed by atoms with E-state index in [1.54, 1.807) is 0 Å². The Morgan fingerprint density at radius 3 is 2.53 bits per heavy atom. The van der Waals surface area contributed by atoms with Gasteiger partial charge in [0.05, 0.1) is 0 Å². The van der Waals surface area contributed by atoms with Gasteiger partial charge in [0, 0.05) is 10.9 Å². The Balaban J connectivity index is 2.79. The molecule has 6 heteroatoms. The van der Waals surface area contributed by atoms with Crippen LogP contribution in [0.15, 0.2) is 24.3 Å². The van der Waals surface area contributed by atoms with Crippen LogP contribution in [-0.2, 0) is 3.79 Å². The second-order valence-corrected chi connectivity index (χ2v) is 5.60. The van der Waals surface area contributed by atoms with Crippen molar-refractivity contribution < 1.29 is 0 Å². The summed E-state index contributed by atoms with van der Waals surface area (Å²) < 4.78 is -1.16. The second kappa shape index (κ2) is 3.91. The first-order valence-electron chi connectivity index (χ1n) is 4.05. The maximum Gasteiger partial charge on any atom is 0.248 e. The number of halogens is 3. The third kappa shape index (κ3) is 2.26. The minimum atomic E-state index is -1.59. The zero-order chi connectivity index (χ0) is 11.1. The quantitative estimate of drug-likeness (QED) is 0.580. The van der Waals surface area contributed by atoms with Gasteiger partial charge in [-0.15, -0.1) is 0 Å². The third-order valence-electron chi connectivity index (χ3n) is 1.89. The number of para-hydroxylation sites is 1. The van der Waals surface area contributed by atoms with Crippen molar-refractivity contribution in [1.29, 1.82) is 0 Å². The summed E-state index contributed by atoms with van der Waals surface area (Å²) >= 11 is 22.3. The Labute approximate surface area is 106 Å². The number of alkyl halides is 3. The van der Waals surface area contributed by atoms with Crippen LogP contribution in [-0.4, -0.2) is 9.97 Å². The van der Waals surface area contributed by atoms with Gasteiger partial charge in [-0.05, 0) is 12.1 Å². The van der Waals surface area contributed by atoms with E-state index in [0.717, 1.165) is 10.9 Å². The number of H-pyrrole nitrogens is 1. The Kier molecular flexibility index (Phi) is 2.90. The first-order valence-corrected chi connectivity index (χ1v) is 5.59. The molecule has 1 heterocycles. The van der Waals surface area contributed by atoms with Gasteiger partial charge in [-0.2, -0.15) is 0 Å². The van der Waals surface area contributed by atoms with Gasteiger partial charge in [-0.1, -0.05) is 59.2 Å². The Bertz CT molecular complexity index is 559. The second-order valence-electron chi connectivity index (χ2n) is 2.93. The Morgan fingerprint density at radius 2 is 1.87 bits per heavy atom. The average Bonchev–Trinajstić information content (AvgIpc) is 2.16. The van der Waals surface area contributed by atoms with Crippen LogP contribution in [0.3, 0.4) is 0 Å². The number of hydrogen-bond acceptors (Lipinski definition) is 2. The molecule has 0 bridgehead atoms. The summed E-state index contributed by atoms with van der Waals surface area (Å²) in [6, 6.07) is 7.47. The van der Waals surface area contributed by atoms with Gasteiger partial charge in [0.15, 0.2) is 5.82 Å². The topological polar surface area (TPSA) is 28.7 Å². The monoisotopic (exact) mass is 278 g/mol. The first-order chi connectivity index (χ1) is 6.98. The SMILES string of the molecule is S=c1nc(C(Cl)(Cl)Cl)[nH]c2ccccc12. The van der Waals surface area contributed by atoms with Crippen LogP contribution in [0.5, 0.6) is 0 Å². The molecule has 0 aliphatic rings. The van der Waals surface area contributed by atoms with E-state index in [-0.39, 0.29) is 5.82 Å². The summed E-state index contributed by atoms with van der Waals surface area (Å²) in [5.41, 5.74) is 0.804. The summed E-state index contributed by atoms with van der Waals surface area (Å²) in [5, 5.41) is 0.838. The number of nitrogens with one attached hydrogen (secondary N) is 1. The van der Waals surface area contributed by atoms with Crippen molar-refractivity contribution in [2.75, 3.05) is 0 Å². The van der Waals surface area contributed by atoms with Crippen molar-refractivity contribution in [3.8, 4) is 0 Å². The molecule has 0 radical (unpaired) electrons. The molecule has 0 aliphatic carbocycles. The molecule has 78 valence electrons. The van der Waals surface area contributed by atoms with Crippen molar-refractivity contribution >= 4 is 57.9 Å². The summed E-state index contributed by atoms with van der Waals surface area (Å²) in [4.78, 5) is 6.97. The molecular formula is C9H5Cl3N2S. The number of aromatic amines is 1. The Morgan fingerprint density at radius 1 is 1.20 bits per heavy atom. The molecule has 0 saturated carbocycles. The van der Waals surface area contributed by atoms with Gasteiger partial charge in [0.2, 0.25) is 3.79 Å². The summed E-state index contributed by atoms with van der Waals surface area (Å²) in [6.45, 7) is 0. The molecule has 0 atom stereocenters. The molecule has 0 amide bonds. The molecule has 1 aromatic carbocycles. The van der Waals surface area contributed by atoms with Crippen LogP contribution >= 0.6 is 47.0 Å². The first kappa shape index (κ1) is 11.1. The van der Waals surface area contributed by atoms with Crippen LogP contribution < -0.4 is 0 Å². The smallest absolute Gasteiger partial charge is 0.248 e. The average molecular weight is 280 g/mol. The molecule has 0 aliphatic heterocycles. The van der Waals surface area contributed by atoms with Crippen LogP contribution in [0, 0.1) is 4.64 Å². The lowest BCUT2D eigenvalue weighted by atomic mass is 10.2. The molecule has 1 aromatic heterocycles. The highest BCUT2D eigenvalue weighted by Crippen LogP contribution is 2.36. The predicted molar refractivity (Wildman–Crippen MR) is 66.2 cm³/mol. The lowest BCUT2D eigenvalue weighted by Gasteiger charge is -2.10. The maximum absolute atomic E-state index is 5.72. The molecule has 0 spiro atoms. The van der Waals surface area contributed by atoms with E-state index in [4.69, 9.17) is 47.0 Å². The fraction of sp³-hybridized carbons (Fsp3) is 0.111. The summed E-state index contributed by atoms with van der Waals surface area (Å²) in [6.07, 6.45) is 0. The van der Waals surface area contributed by atoms with E-state index in [9.17, 15) is 0 Å². The fourth-order valence-electron chi connectivity index (χ4n) is 1.23. The standard InChI is InChI=1S/C9H5Cl3N2S/c10-9(11,12)8-13-6-4-2-1-3-5(6)7(15)14-8/h1-4H,(H,13,14,15). The van der Waals surface area contributed by atoms with Gasteiger partial charge >= 0.3 is 0 Å². The normalized spacial score (nSPS) is 11.9. The molecule has 15 heavy (non-hydrogen) atoms. The number of nitrogens with zero attached hydrogens (tertiary/aromatic N) is 1. The minimum absolute atomic E-state index is 0.233. The number of fused-ring (bicyclic) bond motifs is 1. The van der Waals surface area contributed by atoms with E-state index in [1.807, 2.05) is 24.3 Å². The number of rotatable bonds is 0. The van der Waals surface area contributed by atoms with E-state index in [0.29, 0.717) is 4.64 Å². The third-order valence-corrected chi connectivity index (χ3v) is 2.74. The zero-order valence-corrected chi connectivity index (χ0v) is 10.4. The zero-order valence-electron chi connectivity index (χ0n) is 7.30. The Hall–Kier alpha value is -0.350. The van der Waals surface area contributed by atoms with Crippen molar-refractivity contribution in [1.82, 2.24) is 9.97 Å². The highest BCUT2D eigenvalue weighted by molar-refractivity contribution is 7.71. The molecule has 2 aromatic rings. The number of hydrogen-bond donors (Lipinski definition) is 1. The van der Waals surface area contributed by atoms with Crippen LogP contribution in [0.1, 0.15) is 5.82 Å². The van der Waals surface area contributed by atoms with E-state index in [1.165, 1.54) is 0 Å². The molecule has 2 nitrogen and oxygen atoms in total. The van der Waals surface area contributed by atoms with Crippen molar-refractivity contribution in [2.45, 2.75) is 3.79 Å².